The molecule has 1 aliphatic rings. The summed E-state index contributed by atoms with van der Waals surface area (Å²) in [7, 11) is -3.19. The first-order valence-corrected chi connectivity index (χ1v) is 9.69. The van der Waals surface area contributed by atoms with Crippen LogP contribution in [0, 0.1) is 0 Å². The lowest BCUT2D eigenvalue weighted by Gasteiger charge is -2.21. The lowest BCUT2D eigenvalue weighted by Crippen LogP contribution is -2.37. The van der Waals surface area contributed by atoms with Crippen LogP contribution < -0.4 is 4.74 Å². The molecule has 23 heavy (non-hydrogen) atoms. The van der Waals surface area contributed by atoms with Crippen molar-refractivity contribution >= 4 is 15.9 Å². The van der Waals surface area contributed by atoms with Crippen molar-refractivity contribution in [2.75, 3.05) is 39.0 Å². The molecule has 1 aromatic carbocycles. The Kier molecular flexibility index (Phi) is 6.01. The zero-order valence-corrected chi connectivity index (χ0v) is 14.5. The van der Waals surface area contributed by atoms with Crippen LogP contribution in [0.3, 0.4) is 0 Å². The van der Waals surface area contributed by atoms with Crippen LogP contribution in [0.2, 0.25) is 0 Å². The van der Waals surface area contributed by atoms with Gasteiger partial charge >= 0.3 is 0 Å². The van der Waals surface area contributed by atoms with Crippen molar-refractivity contribution in [3.8, 4) is 5.75 Å². The van der Waals surface area contributed by atoms with Gasteiger partial charge in [0.15, 0.2) is 0 Å². The van der Waals surface area contributed by atoms with Gasteiger partial charge in [0.2, 0.25) is 15.9 Å². The standard InChI is InChI=1S/C16H24N2O4S/c1-3-22-15-7-5-14(6-8-15)13-16(19)17-9-4-10-18(12-11-17)23(2,20)21/h5-8H,3-4,9-13H2,1-2H3. The van der Waals surface area contributed by atoms with E-state index in [1.807, 2.05) is 31.2 Å². The van der Waals surface area contributed by atoms with Gasteiger partial charge in [-0.15, -0.1) is 0 Å². The van der Waals surface area contributed by atoms with Crippen molar-refractivity contribution in [1.29, 1.82) is 0 Å². The predicted molar refractivity (Wildman–Crippen MR) is 88.9 cm³/mol. The summed E-state index contributed by atoms with van der Waals surface area (Å²) in [5.74, 6) is 0.826. The Balaban J connectivity index is 1.93. The van der Waals surface area contributed by atoms with Gasteiger partial charge in [-0.25, -0.2) is 12.7 Å². The monoisotopic (exact) mass is 340 g/mol. The van der Waals surface area contributed by atoms with Crippen LogP contribution in [-0.4, -0.2) is 62.6 Å². The van der Waals surface area contributed by atoms with Crippen molar-refractivity contribution in [2.45, 2.75) is 19.8 Å². The number of hydrogen-bond donors (Lipinski definition) is 0. The van der Waals surface area contributed by atoms with Gasteiger partial charge < -0.3 is 9.64 Å². The summed E-state index contributed by atoms with van der Waals surface area (Å²) in [6.45, 7) is 4.43. The predicted octanol–water partition coefficient (Wildman–Crippen LogP) is 1.12. The number of benzene rings is 1. The van der Waals surface area contributed by atoms with Gasteiger partial charge in [0.1, 0.15) is 5.75 Å². The molecule has 2 rings (SSSR count). The molecule has 1 fully saturated rings. The lowest BCUT2D eigenvalue weighted by atomic mass is 10.1. The third-order valence-corrected chi connectivity index (χ3v) is 5.17. The quantitative estimate of drug-likeness (QED) is 0.806. The summed E-state index contributed by atoms with van der Waals surface area (Å²) in [6.07, 6.45) is 2.21. The molecular formula is C16H24N2O4S. The summed E-state index contributed by atoms with van der Waals surface area (Å²) in [5, 5.41) is 0. The van der Waals surface area contributed by atoms with Gasteiger partial charge in [-0.2, -0.15) is 0 Å². The third kappa shape index (κ3) is 5.21. The van der Waals surface area contributed by atoms with Crippen molar-refractivity contribution in [2.24, 2.45) is 0 Å². The summed E-state index contributed by atoms with van der Waals surface area (Å²) in [6, 6.07) is 7.51. The summed E-state index contributed by atoms with van der Waals surface area (Å²) in [4.78, 5) is 14.2. The molecule has 0 aromatic heterocycles. The van der Waals surface area contributed by atoms with E-state index in [0.717, 1.165) is 11.3 Å². The number of carbonyl (C=O) groups excluding carboxylic acids is 1. The van der Waals surface area contributed by atoms with Gasteiger partial charge in [0.25, 0.3) is 0 Å². The Morgan fingerprint density at radius 1 is 1.13 bits per heavy atom. The fourth-order valence-corrected chi connectivity index (χ4v) is 3.51. The molecular weight excluding hydrogens is 316 g/mol. The highest BCUT2D eigenvalue weighted by molar-refractivity contribution is 7.88. The first kappa shape index (κ1) is 17.7. The van der Waals surface area contributed by atoms with Crippen molar-refractivity contribution in [1.82, 2.24) is 9.21 Å². The summed E-state index contributed by atoms with van der Waals surface area (Å²) < 4.78 is 30.0. The second kappa shape index (κ2) is 7.79. The Labute approximate surface area is 138 Å². The molecule has 1 aromatic rings. The zero-order chi connectivity index (χ0) is 16.9. The van der Waals surface area contributed by atoms with E-state index in [-0.39, 0.29) is 5.91 Å². The maximum absolute atomic E-state index is 12.4. The molecule has 1 saturated heterocycles. The number of amides is 1. The van der Waals surface area contributed by atoms with Gasteiger partial charge in [0.05, 0.1) is 19.3 Å². The van der Waals surface area contributed by atoms with Crippen LogP contribution >= 0.6 is 0 Å². The van der Waals surface area contributed by atoms with Crippen LogP contribution in [-0.2, 0) is 21.2 Å². The molecule has 1 amide bonds. The number of carbonyl (C=O) groups is 1. The maximum Gasteiger partial charge on any atom is 0.227 e. The molecule has 0 N–H and O–H groups in total. The molecule has 0 aliphatic carbocycles. The molecule has 0 atom stereocenters. The average molecular weight is 340 g/mol. The molecule has 0 bridgehead atoms. The Bertz CT molecular complexity index is 628. The first-order chi connectivity index (χ1) is 10.9. The Morgan fingerprint density at radius 3 is 2.43 bits per heavy atom. The highest BCUT2D eigenvalue weighted by atomic mass is 32.2. The Morgan fingerprint density at radius 2 is 1.83 bits per heavy atom. The molecule has 128 valence electrons. The minimum atomic E-state index is -3.19. The van der Waals surface area contributed by atoms with E-state index in [2.05, 4.69) is 0 Å². The van der Waals surface area contributed by atoms with Crippen molar-refractivity contribution in [3.63, 3.8) is 0 Å². The largest absolute Gasteiger partial charge is 0.494 e. The van der Waals surface area contributed by atoms with E-state index in [9.17, 15) is 13.2 Å². The number of rotatable bonds is 5. The molecule has 1 aliphatic heterocycles. The summed E-state index contributed by atoms with van der Waals surface area (Å²) in [5.41, 5.74) is 0.933. The highest BCUT2D eigenvalue weighted by Crippen LogP contribution is 2.14. The minimum absolute atomic E-state index is 0.0320. The minimum Gasteiger partial charge on any atom is -0.494 e. The number of nitrogens with zero attached hydrogens (tertiary/aromatic N) is 2. The SMILES string of the molecule is CCOc1ccc(CC(=O)N2CCCN(S(C)(=O)=O)CC2)cc1. The summed E-state index contributed by atoms with van der Waals surface area (Å²) >= 11 is 0. The van der Waals surface area contributed by atoms with Crippen LogP contribution in [0.4, 0.5) is 0 Å². The maximum atomic E-state index is 12.4. The van der Waals surface area contributed by atoms with Crippen LogP contribution in [0.5, 0.6) is 5.75 Å². The van der Waals surface area contributed by atoms with E-state index in [1.165, 1.54) is 10.6 Å². The molecule has 0 unspecified atom stereocenters. The van der Waals surface area contributed by atoms with Crippen molar-refractivity contribution < 1.29 is 17.9 Å². The normalized spacial score (nSPS) is 16.9. The van der Waals surface area contributed by atoms with Crippen LogP contribution in [0.15, 0.2) is 24.3 Å². The van der Waals surface area contributed by atoms with Crippen LogP contribution in [0.1, 0.15) is 18.9 Å². The smallest absolute Gasteiger partial charge is 0.227 e. The van der Waals surface area contributed by atoms with E-state index >= 15 is 0 Å². The van der Waals surface area contributed by atoms with Gasteiger partial charge in [-0.1, -0.05) is 12.1 Å². The van der Waals surface area contributed by atoms with Gasteiger partial charge in [-0.05, 0) is 31.0 Å². The second-order valence-corrected chi connectivity index (χ2v) is 7.63. The molecule has 0 spiro atoms. The first-order valence-electron chi connectivity index (χ1n) is 7.85. The molecule has 0 radical (unpaired) electrons. The molecule has 6 nitrogen and oxygen atoms in total. The van der Waals surface area contributed by atoms with E-state index < -0.39 is 10.0 Å². The molecule has 7 heteroatoms. The third-order valence-electron chi connectivity index (χ3n) is 3.87. The Hall–Kier alpha value is -1.60. The van der Waals surface area contributed by atoms with Crippen molar-refractivity contribution in [3.05, 3.63) is 29.8 Å². The lowest BCUT2D eigenvalue weighted by molar-refractivity contribution is -0.130. The number of hydrogen-bond acceptors (Lipinski definition) is 4. The van der Waals surface area contributed by atoms with Crippen LogP contribution in [0.25, 0.3) is 0 Å². The van der Waals surface area contributed by atoms with E-state index in [0.29, 0.717) is 45.6 Å². The van der Waals surface area contributed by atoms with Gasteiger partial charge in [0, 0.05) is 26.2 Å². The topological polar surface area (TPSA) is 66.9 Å². The van der Waals surface area contributed by atoms with E-state index in [1.54, 1.807) is 4.90 Å². The number of sulfonamides is 1. The number of ether oxygens (including phenoxy) is 1. The average Bonchev–Trinajstić information content (AvgIpc) is 2.75. The zero-order valence-electron chi connectivity index (χ0n) is 13.7. The van der Waals surface area contributed by atoms with E-state index in [4.69, 9.17) is 4.74 Å². The fourth-order valence-electron chi connectivity index (χ4n) is 2.63. The van der Waals surface area contributed by atoms with Gasteiger partial charge in [-0.3, -0.25) is 4.79 Å². The molecule has 0 saturated carbocycles. The highest BCUT2D eigenvalue weighted by Gasteiger charge is 2.23. The second-order valence-electron chi connectivity index (χ2n) is 5.65. The molecule has 1 heterocycles. The fraction of sp³-hybridized carbons (Fsp3) is 0.562.